The number of thioether (sulfide) groups is 3. The van der Waals surface area contributed by atoms with Crippen molar-refractivity contribution in [2.75, 3.05) is 80.6 Å². The van der Waals surface area contributed by atoms with Crippen molar-refractivity contribution in [1.29, 1.82) is 0 Å². The molecule has 14 atom stereocenters. The van der Waals surface area contributed by atoms with Gasteiger partial charge in [0.05, 0.1) is 79.5 Å². The van der Waals surface area contributed by atoms with Crippen LogP contribution in [-0.2, 0) is 123 Å². The first-order valence-corrected chi connectivity index (χ1v) is 51.9. The molecular formula is C99H154N14O25S3. The van der Waals surface area contributed by atoms with E-state index in [1.165, 1.54) is 24.3 Å². The van der Waals surface area contributed by atoms with E-state index >= 15 is 0 Å². The molecule has 2 saturated heterocycles. The number of hydrogen-bond acceptors (Lipinski definition) is 30. The van der Waals surface area contributed by atoms with Crippen LogP contribution < -0.4 is 75.1 Å². The second kappa shape index (κ2) is 63.5. The maximum atomic E-state index is 14.9. The number of rotatable bonds is 51. The molecule has 2 aromatic carbocycles. The first-order chi connectivity index (χ1) is 66.3. The molecule has 42 heteroatoms. The average Bonchev–Trinajstić information content (AvgIpc) is 1.68. The zero-order valence-corrected chi connectivity index (χ0v) is 87.0. The van der Waals surface area contributed by atoms with Crippen molar-refractivity contribution >= 4 is 147 Å². The number of nitrogens with zero attached hydrogens (tertiary/aromatic N) is 1. The summed E-state index contributed by atoms with van der Waals surface area (Å²) in [5.74, 6) is -15.1. The van der Waals surface area contributed by atoms with Gasteiger partial charge in [0.1, 0.15) is 71.3 Å². The zero-order chi connectivity index (χ0) is 105. The quantitative estimate of drug-likeness (QED) is 0.0312. The summed E-state index contributed by atoms with van der Waals surface area (Å²) in [6, 6.07) is 0.724. The molecule has 2 aromatic rings. The van der Waals surface area contributed by atoms with E-state index in [1.54, 1.807) is 107 Å². The van der Waals surface area contributed by atoms with Gasteiger partial charge in [-0.3, -0.25) is 96.0 Å². The number of benzene rings is 2. The van der Waals surface area contributed by atoms with E-state index in [2.05, 4.69) is 59.7 Å². The van der Waals surface area contributed by atoms with Gasteiger partial charge < -0.3 is 99.2 Å². The van der Waals surface area contributed by atoms with Crippen LogP contribution in [0.2, 0.25) is 0 Å². The van der Waals surface area contributed by atoms with Crippen LogP contribution in [0.5, 0.6) is 11.5 Å². The number of nitrogens with two attached hydrogens (primary N) is 3. The minimum absolute atomic E-state index is 0.00318. The highest BCUT2D eigenvalue weighted by molar-refractivity contribution is 8.00. The van der Waals surface area contributed by atoms with Gasteiger partial charge in [0, 0.05) is 111 Å². The van der Waals surface area contributed by atoms with Crippen LogP contribution in [0.3, 0.4) is 0 Å². The molecule has 141 heavy (non-hydrogen) atoms. The van der Waals surface area contributed by atoms with Crippen LogP contribution in [0.15, 0.2) is 60.8 Å². The minimum Gasteiger partial charge on any atom is -0.508 e. The third kappa shape index (κ3) is 49.3. The fourth-order valence-electron chi connectivity index (χ4n) is 15.2. The van der Waals surface area contributed by atoms with Crippen molar-refractivity contribution in [3.63, 3.8) is 0 Å². The molecule has 0 saturated carbocycles. The lowest BCUT2D eigenvalue weighted by atomic mass is 9.91. The van der Waals surface area contributed by atoms with Crippen molar-refractivity contribution in [1.82, 2.24) is 58.1 Å². The largest absolute Gasteiger partial charge is 0.508 e. The van der Waals surface area contributed by atoms with Gasteiger partial charge in [-0.05, 0) is 160 Å². The first-order valence-electron chi connectivity index (χ1n) is 48.5. The second-order valence-corrected chi connectivity index (χ2v) is 41.9. The number of phenolic OH excluding ortho intramolecular Hbond substituents is 1. The summed E-state index contributed by atoms with van der Waals surface area (Å²) in [5, 5.41) is 38.1. The average molecular weight is 2040 g/mol. The van der Waals surface area contributed by atoms with Gasteiger partial charge >= 0.3 is 11.9 Å². The molecule has 39 nitrogen and oxygen atoms in total. The van der Waals surface area contributed by atoms with E-state index in [1.807, 2.05) is 25.7 Å². The molecule has 0 aliphatic carbocycles. The Morgan fingerprint density at radius 3 is 1.92 bits per heavy atom. The van der Waals surface area contributed by atoms with E-state index in [4.69, 9.17) is 40.9 Å². The Morgan fingerprint density at radius 1 is 0.667 bits per heavy atom. The molecule has 2 aliphatic rings. The van der Waals surface area contributed by atoms with Crippen molar-refractivity contribution in [3.05, 3.63) is 71.9 Å². The van der Waals surface area contributed by atoms with E-state index in [0.29, 0.717) is 48.6 Å². The number of allylic oxidation sites excluding steroid dienone is 1. The second-order valence-electron chi connectivity index (χ2n) is 38.8. The maximum Gasteiger partial charge on any atom is 0.310 e. The molecule has 2 fully saturated rings. The number of amides is 12. The summed E-state index contributed by atoms with van der Waals surface area (Å²) in [4.78, 5) is 262. The molecule has 3 unspecified atom stereocenters. The summed E-state index contributed by atoms with van der Waals surface area (Å²) in [6.45, 7) is 30.7. The topological polar surface area (TPSA) is 592 Å². The number of likely N-dealkylation sites (tertiary alicyclic amines) is 1. The molecule has 2 heterocycles. The lowest BCUT2D eigenvalue weighted by molar-refractivity contribution is -0.161. The highest BCUT2D eigenvalue weighted by Crippen LogP contribution is 2.28. The fraction of sp³-hybridized carbons (Fsp3) is 0.667. The zero-order valence-electron chi connectivity index (χ0n) is 84.5. The Kier molecular flexibility index (Phi) is 55.2. The molecule has 17 N–H and O–H groups in total. The number of aromatic hydroxyl groups is 1. The highest BCUT2D eigenvalue weighted by atomic mass is 32.2. The Hall–Kier alpha value is -10.6. The van der Waals surface area contributed by atoms with Gasteiger partial charge in [-0.2, -0.15) is 35.3 Å². The number of nitrogens with one attached hydrogen (secondary N) is 10. The van der Waals surface area contributed by atoms with E-state index in [-0.39, 0.29) is 217 Å². The molecule has 0 spiro atoms. The Labute approximate surface area is 841 Å². The number of carbonyl (C=O) groups excluding carboxylic acids is 19. The lowest BCUT2D eigenvalue weighted by Crippen LogP contribution is -2.62. The maximum absolute atomic E-state index is 14.9. The molecule has 0 radical (unpaired) electrons. The normalized spacial score (nSPS) is 20.4. The molecule has 4 rings (SSSR count). The van der Waals surface area contributed by atoms with Crippen LogP contribution in [0.1, 0.15) is 231 Å². The van der Waals surface area contributed by atoms with E-state index in [0.717, 1.165) is 35.3 Å². The summed E-state index contributed by atoms with van der Waals surface area (Å²) in [7, 11) is 0. The molecular weight excluding hydrogens is 1880 g/mol. The number of carbonyl (C=O) groups is 19. The van der Waals surface area contributed by atoms with E-state index in [9.17, 15) is 96.2 Å². The molecule has 0 bridgehead atoms. The van der Waals surface area contributed by atoms with E-state index < -0.39 is 191 Å². The minimum atomic E-state index is -1.77. The molecule has 788 valence electrons. The van der Waals surface area contributed by atoms with Gasteiger partial charge in [0.15, 0.2) is 18.2 Å². The smallest absolute Gasteiger partial charge is 0.310 e. The van der Waals surface area contributed by atoms with Crippen LogP contribution in [0.25, 0.3) is 0 Å². The summed E-state index contributed by atoms with van der Waals surface area (Å²) in [5.41, 5.74) is 16.2. The fourth-order valence-corrected chi connectivity index (χ4v) is 18.3. The first kappa shape index (κ1) is 123. The predicted octanol–water partition coefficient (Wildman–Crippen LogP) is 4.79. The number of ether oxygens (including phenoxy) is 5. The number of phenols is 1. The van der Waals surface area contributed by atoms with Gasteiger partial charge in [0.2, 0.25) is 65.0 Å². The number of esters is 2. The van der Waals surface area contributed by atoms with Crippen molar-refractivity contribution in [2.45, 2.75) is 304 Å². The third-order valence-corrected chi connectivity index (χ3v) is 26.6. The monoisotopic (exact) mass is 2040 g/mol. The van der Waals surface area contributed by atoms with Crippen LogP contribution in [-0.4, -0.2) is 274 Å². The van der Waals surface area contributed by atoms with Crippen molar-refractivity contribution in [3.8, 4) is 11.5 Å². The number of ketones is 5. The summed E-state index contributed by atoms with van der Waals surface area (Å²) >= 11 is 3.28. The van der Waals surface area contributed by atoms with Crippen LogP contribution in [0.4, 0.5) is 0 Å². The Bertz CT molecular complexity index is 4520. The lowest BCUT2D eigenvalue weighted by Gasteiger charge is -2.37. The number of hydrogen-bond donors (Lipinski definition) is 14. The van der Waals surface area contributed by atoms with Crippen LogP contribution in [0, 0.1) is 35.5 Å². The van der Waals surface area contributed by atoms with Crippen LogP contribution >= 0.6 is 35.3 Å². The standard InChI is InChI=1S/C99H154N14O25S3/c1-17-62(9)88-96(132)106-74(34-36-83(100)120)91(127)109-77(47-85(102)122)92(128)110-78(64(11)113-39-21-25-80(113)95(131)107-75(42-58(2)3)81(118)35-37-84(101)121)56-140-54-70(115)23-19-18-22-67(45-72(117)55-141-57-79(104-60(6)7)94(130)108-76(93(129)111-88)44-65-26-30-69(114)31-27-65)90(126)103-38-20-24-71(116)53-139-52-68(46-87(124)138-98(12,13)14)97(133)137-50-66-28-32-73(33-29-66)136-51-86(123)105-63(10)49-135-41-40-134-48-61(8)43-82(119)99(15,16)112-89(125)59(4)5/h26-33,58-59,61-64,67-68,74-80,88,104,114H,6,17-25,34-57H2,1-5,7-16H3,(H2,100,120)(H2,101,121)(H2,102,122)(H,103,126)(H,105,123)(H,106,132)(H,107,131)(H,108,130)(H,109,127)(H,110,128)(H,111,129)(H,112,125)/t61?,62-,63?,64?,67-,68-,74-,75-,76-,77-,78-,79-,80-,88-/m0/s1. The summed E-state index contributed by atoms with van der Waals surface area (Å²) < 4.78 is 28.4. The van der Waals surface area contributed by atoms with Gasteiger partial charge in [-0.15, -0.1) is 0 Å². The number of primary amides is 3. The third-order valence-electron chi connectivity index (χ3n) is 23.3. The highest BCUT2D eigenvalue weighted by Gasteiger charge is 2.42. The van der Waals surface area contributed by atoms with Crippen molar-refractivity contribution in [2.24, 2.45) is 52.7 Å². The Morgan fingerprint density at radius 2 is 1.29 bits per heavy atom. The Balaban J connectivity index is 1.54. The molecule has 0 aromatic heterocycles. The number of Topliss-reactive ketones (excluding diaryl/α,β-unsaturated/α-hetero) is 5. The molecule has 2 aliphatic heterocycles. The van der Waals surface area contributed by atoms with Gasteiger partial charge in [-0.1, -0.05) is 92.2 Å². The summed E-state index contributed by atoms with van der Waals surface area (Å²) in [6.07, 6.45) is -0.803. The molecule has 12 amide bonds. The van der Waals surface area contributed by atoms with Gasteiger partial charge in [-0.25, -0.2) is 0 Å². The van der Waals surface area contributed by atoms with Crippen molar-refractivity contribution < 1.29 is 120 Å². The SMILES string of the molecule is C=C(C)N[C@H]1CSCC(=O)C[C@@H](C(=O)NCCCC(=O)CSC[C@H](CC(=O)OC(C)(C)C)C(=O)OCc2ccc(OCC(=O)NC(C)COCCOCC(C)CC(=O)C(C)(C)NC(=O)C(C)C)cc2)CCCCC(=O)CSC[C@@H](C(C)N2CCC[C@H]2C(=O)N[C@@H](CC(C)C)C(=O)CCC(N)=O)NC(=O)[C@H](CC(N)=O)NC(=O)[C@H](CCC(N)=O)NC(=O)[C@H]([C@@H](C)CC)NC(=O)[C@H](Cc2ccc(O)cc2)NC1=O. The predicted molar refractivity (Wildman–Crippen MR) is 535 cm³/mol. The van der Waals surface area contributed by atoms with Gasteiger partial charge in [0.25, 0.3) is 5.91 Å².